The topological polar surface area (TPSA) is 113 Å². The van der Waals surface area contributed by atoms with Crippen molar-refractivity contribution in [1.29, 1.82) is 0 Å². The molecule has 0 spiro atoms. The lowest BCUT2D eigenvalue weighted by atomic mass is 9.98. The van der Waals surface area contributed by atoms with Gasteiger partial charge in [-0.15, -0.1) is 6.42 Å². The third-order valence-electron chi connectivity index (χ3n) is 3.69. The number of alkyl halides is 1. The molecule has 1 saturated heterocycles. The van der Waals surface area contributed by atoms with E-state index < -0.39 is 36.3 Å². The quantitative estimate of drug-likeness (QED) is 0.615. The molecule has 0 saturated carbocycles. The monoisotopic (exact) mass is 308 g/mol. The Labute approximate surface area is 123 Å². The number of nitrogens with zero attached hydrogens (tertiary/aromatic N) is 3. The van der Waals surface area contributed by atoms with Gasteiger partial charge in [0.1, 0.15) is 11.9 Å². The predicted octanol–water partition coefficient (Wildman–Crippen LogP) is -0.980. The van der Waals surface area contributed by atoms with E-state index in [0.717, 1.165) is 0 Å². The lowest BCUT2D eigenvalue weighted by Crippen LogP contribution is -2.44. The van der Waals surface area contributed by atoms with E-state index in [1.54, 1.807) is 6.92 Å². The molecule has 0 bridgehead atoms. The molecule has 22 heavy (non-hydrogen) atoms. The van der Waals surface area contributed by atoms with Gasteiger partial charge in [0.15, 0.2) is 29.2 Å². The van der Waals surface area contributed by atoms with Crippen molar-refractivity contribution in [2.45, 2.75) is 31.0 Å². The van der Waals surface area contributed by atoms with Crippen molar-refractivity contribution in [2.75, 3.05) is 6.61 Å². The molecule has 1 aliphatic heterocycles. The Morgan fingerprint density at radius 1 is 1.68 bits per heavy atom. The summed E-state index contributed by atoms with van der Waals surface area (Å²) in [6.07, 6.45) is 1.45. The number of fused-ring (bicyclic) bond motifs is 1. The molecule has 3 N–H and O–H groups in total. The van der Waals surface area contributed by atoms with Gasteiger partial charge in [-0.1, -0.05) is 5.92 Å². The molecule has 1 aliphatic rings. The van der Waals surface area contributed by atoms with E-state index in [9.17, 15) is 19.4 Å². The highest BCUT2D eigenvalue weighted by Crippen LogP contribution is 2.39. The van der Waals surface area contributed by atoms with Gasteiger partial charge in [-0.2, -0.15) is 0 Å². The van der Waals surface area contributed by atoms with Crippen LogP contribution in [-0.2, 0) is 4.74 Å². The van der Waals surface area contributed by atoms with Crippen molar-refractivity contribution >= 4 is 11.2 Å². The summed E-state index contributed by atoms with van der Waals surface area (Å²) in [7, 11) is 0. The molecule has 2 aromatic heterocycles. The van der Waals surface area contributed by atoms with Gasteiger partial charge in [-0.25, -0.2) is 14.4 Å². The first kappa shape index (κ1) is 14.6. The molecule has 8 nitrogen and oxygen atoms in total. The predicted molar refractivity (Wildman–Crippen MR) is 72.6 cm³/mol. The van der Waals surface area contributed by atoms with Gasteiger partial charge in [-0.05, 0) is 6.92 Å². The van der Waals surface area contributed by atoms with Gasteiger partial charge < -0.3 is 19.9 Å². The molecule has 0 amide bonds. The highest BCUT2D eigenvalue weighted by Gasteiger charge is 2.55. The Bertz CT molecular complexity index is 826. The van der Waals surface area contributed by atoms with Crippen LogP contribution in [0, 0.1) is 19.3 Å². The van der Waals surface area contributed by atoms with E-state index in [-0.39, 0.29) is 11.2 Å². The van der Waals surface area contributed by atoms with Crippen LogP contribution >= 0.6 is 0 Å². The number of aliphatic hydroxyl groups is 2. The zero-order valence-corrected chi connectivity index (χ0v) is 11.5. The number of ether oxygens (including phenoxy) is 1. The Morgan fingerprint density at radius 3 is 3.00 bits per heavy atom. The number of aromatic nitrogens is 4. The standard InChI is InChI=1S/C13H13FN4O4/c1-3-13(4-19)9(20)7(14)12(22-13)18-5-15-8-10(18)16-6(2)17-11(8)21/h1,5,7,9,12,19-20H,4H2,2H3,(H,16,17,21)/t7-,9+,12-,13-/m1/s1. The first-order valence-electron chi connectivity index (χ1n) is 6.45. The van der Waals surface area contributed by atoms with Crippen LogP contribution in [0.5, 0.6) is 0 Å². The molecule has 3 rings (SSSR count). The number of hydrogen-bond donors (Lipinski definition) is 3. The fourth-order valence-electron chi connectivity index (χ4n) is 2.49. The average molecular weight is 308 g/mol. The van der Waals surface area contributed by atoms with Crippen LogP contribution in [0.4, 0.5) is 4.39 Å². The van der Waals surface area contributed by atoms with Crippen molar-refractivity contribution in [3.63, 3.8) is 0 Å². The summed E-state index contributed by atoms with van der Waals surface area (Å²) >= 11 is 0. The molecule has 0 radical (unpaired) electrons. The second-order valence-corrected chi connectivity index (χ2v) is 5.07. The number of terminal acetylenes is 1. The third kappa shape index (κ3) is 1.85. The number of halogens is 1. The SMILES string of the molecule is C#C[C@]1(CO)O[C@@H](n2cnc3c(=O)[nH]c(C)nc32)[C@H](F)[C@@H]1O. The number of aromatic amines is 1. The first-order valence-corrected chi connectivity index (χ1v) is 6.45. The van der Waals surface area contributed by atoms with E-state index in [2.05, 4.69) is 20.9 Å². The molecule has 3 heterocycles. The second-order valence-electron chi connectivity index (χ2n) is 5.07. The van der Waals surface area contributed by atoms with Crippen LogP contribution in [0.15, 0.2) is 11.1 Å². The number of aryl methyl sites for hydroxylation is 1. The van der Waals surface area contributed by atoms with Crippen LogP contribution < -0.4 is 5.56 Å². The number of aliphatic hydroxyl groups excluding tert-OH is 2. The second kappa shape index (κ2) is 4.88. The van der Waals surface area contributed by atoms with Gasteiger partial charge in [0, 0.05) is 0 Å². The maximum Gasteiger partial charge on any atom is 0.279 e. The van der Waals surface area contributed by atoms with E-state index in [1.807, 2.05) is 0 Å². The fraction of sp³-hybridized carbons (Fsp3) is 0.462. The number of nitrogens with one attached hydrogen (secondary N) is 1. The number of imidazole rings is 1. The first-order chi connectivity index (χ1) is 10.4. The lowest BCUT2D eigenvalue weighted by molar-refractivity contribution is -0.0900. The van der Waals surface area contributed by atoms with E-state index in [1.165, 1.54) is 10.9 Å². The highest BCUT2D eigenvalue weighted by atomic mass is 19.1. The minimum Gasteiger partial charge on any atom is -0.392 e. The van der Waals surface area contributed by atoms with E-state index in [4.69, 9.17) is 11.2 Å². The fourth-order valence-corrected chi connectivity index (χ4v) is 2.49. The molecule has 4 atom stereocenters. The summed E-state index contributed by atoms with van der Waals surface area (Å²) in [5, 5.41) is 19.3. The van der Waals surface area contributed by atoms with Crippen molar-refractivity contribution in [3.05, 3.63) is 22.5 Å². The molecule has 1 fully saturated rings. The van der Waals surface area contributed by atoms with Crippen molar-refractivity contribution in [3.8, 4) is 12.3 Å². The lowest BCUT2D eigenvalue weighted by Gasteiger charge is -2.23. The minimum absolute atomic E-state index is 0.0121. The third-order valence-corrected chi connectivity index (χ3v) is 3.69. The molecular weight excluding hydrogens is 295 g/mol. The van der Waals surface area contributed by atoms with E-state index >= 15 is 0 Å². The normalized spacial score (nSPS) is 31.5. The molecule has 0 aliphatic carbocycles. The smallest absolute Gasteiger partial charge is 0.279 e. The molecule has 0 aromatic carbocycles. The van der Waals surface area contributed by atoms with Crippen molar-refractivity contribution < 1.29 is 19.3 Å². The number of H-pyrrole nitrogens is 1. The number of rotatable bonds is 2. The van der Waals surface area contributed by atoms with Crippen LogP contribution in [0.1, 0.15) is 12.1 Å². The highest BCUT2D eigenvalue weighted by molar-refractivity contribution is 5.69. The zero-order chi connectivity index (χ0) is 16.1. The van der Waals surface area contributed by atoms with Gasteiger partial charge >= 0.3 is 0 Å². The Hall–Kier alpha value is -2.28. The van der Waals surface area contributed by atoms with Gasteiger partial charge in [0.05, 0.1) is 12.9 Å². The number of hydrogen-bond acceptors (Lipinski definition) is 6. The van der Waals surface area contributed by atoms with Crippen LogP contribution in [-0.4, -0.2) is 54.2 Å². The Balaban J connectivity index is 2.13. The summed E-state index contributed by atoms with van der Waals surface area (Å²) in [5.74, 6) is 2.40. The largest absolute Gasteiger partial charge is 0.392 e. The van der Waals surface area contributed by atoms with Crippen LogP contribution in [0.2, 0.25) is 0 Å². The summed E-state index contributed by atoms with van der Waals surface area (Å²) in [5.41, 5.74) is -2.21. The van der Waals surface area contributed by atoms with Crippen molar-refractivity contribution in [1.82, 2.24) is 19.5 Å². The Kier molecular flexibility index (Phi) is 3.25. The summed E-state index contributed by atoms with van der Waals surface area (Å²) in [6.45, 7) is 0.816. The zero-order valence-electron chi connectivity index (χ0n) is 11.5. The molecule has 2 aromatic rings. The van der Waals surface area contributed by atoms with Crippen molar-refractivity contribution in [2.24, 2.45) is 0 Å². The molecule has 0 unspecified atom stereocenters. The minimum atomic E-state index is -1.91. The average Bonchev–Trinajstić information content (AvgIpc) is 3.01. The maximum atomic E-state index is 14.4. The summed E-state index contributed by atoms with van der Waals surface area (Å²) in [6, 6.07) is 0. The Morgan fingerprint density at radius 2 is 2.41 bits per heavy atom. The van der Waals surface area contributed by atoms with Gasteiger partial charge in [0.2, 0.25) is 0 Å². The summed E-state index contributed by atoms with van der Waals surface area (Å²) in [4.78, 5) is 22.2. The summed E-state index contributed by atoms with van der Waals surface area (Å²) < 4.78 is 20.9. The molecule has 9 heteroatoms. The van der Waals surface area contributed by atoms with Gasteiger partial charge in [0.25, 0.3) is 5.56 Å². The molecule has 116 valence electrons. The van der Waals surface area contributed by atoms with E-state index in [0.29, 0.717) is 5.82 Å². The van der Waals surface area contributed by atoms with Crippen LogP contribution in [0.3, 0.4) is 0 Å². The van der Waals surface area contributed by atoms with Crippen LogP contribution in [0.25, 0.3) is 11.2 Å². The maximum absolute atomic E-state index is 14.4. The molecular formula is C13H13FN4O4. The van der Waals surface area contributed by atoms with Gasteiger partial charge in [-0.3, -0.25) is 9.36 Å².